The first-order valence-corrected chi connectivity index (χ1v) is 11.6. The topological polar surface area (TPSA) is 76.4 Å². The number of hydrogen-bond donors (Lipinski definition) is 2. The number of carbonyl (C=O) groups is 1. The van der Waals surface area contributed by atoms with Crippen molar-refractivity contribution >= 4 is 28.5 Å². The number of halogens is 1. The highest BCUT2D eigenvalue weighted by Crippen LogP contribution is 2.24. The van der Waals surface area contributed by atoms with Gasteiger partial charge in [0.15, 0.2) is 0 Å². The SMILES string of the molecule is COC(=O)c1cc2cc(C[C@@H](C)NC[C@H](O)c3cccc(Cl)c3)ccc2n1Cc1ccccn1. The van der Waals surface area contributed by atoms with Gasteiger partial charge in [0.05, 0.1) is 25.5 Å². The molecule has 0 saturated carbocycles. The second-order valence-corrected chi connectivity index (χ2v) is 8.84. The maximum absolute atomic E-state index is 12.4. The first kappa shape index (κ1) is 24.0. The number of nitrogens with zero attached hydrogens (tertiary/aromatic N) is 2. The van der Waals surface area contributed by atoms with Crippen LogP contribution >= 0.6 is 11.6 Å². The molecule has 0 spiro atoms. The summed E-state index contributed by atoms with van der Waals surface area (Å²) in [6.07, 6.45) is 1.89. The van der Waals surface area contributed by atoms with Gasteiger partial charge in [0.1, 0.15) is 5.69 Å². The van der Waals surface area contributed by atoms with Crippen LogP contribution in [0.5, 0.6) is 0 Å². The molecule has 6 nitrogen and oxygen atoms in total. The zero-order valence-corrected chi connectivity index (χ0v) is 20.0. The fraction of sp³-hybridized carbons (Fsp3) is 0.259. The van der Waals surface area contributed by atoms with Gasteiger partial charge in [-0.1, -0.05) is 35.9 Å². The average Bonchev–Trinajstić information content (AvgIpc) is 3.20. The maximum atomic E-state index is 12.4. The third-order valence-corrected chi connectivity index (χ3v) is 6.08. The third-order valence-electron chi connectivity index (χ3n) is 5.84. The molecule has 0 amide bonds. The Morgan fingerprint density at radius 1 is 1.15 bits per heavy atom. The smallest absolute Gasteiger partial charge is 0.354 e. The molecule has 2 heterocycles. The normalized spacial score (nSPS) is 13.1. The van der Waals surface area contributed by atoms with E-state index in [0.29, 0.717) is 23.8 Å². The fourth-order valence-corrected chi connectivity index (χ4v) is 4.31. The number of ether oxygens (including phenoxy) is 1. The molecule has 176 valence electrons. The first-order chi connectivity index (χ1) is 16.4. The summed E-state index contributed by atoms with van der Waals surface area (Å²) in [6, 6.07) is 21.2. The molecule has 0 bridgehead atoms. The molecule has 4 aromatic rings. The highest BCUT2D eigenvalue weighted by atomic mass is 35.5. The predicted octanol–water partition coefficient (Wildman–Crippen LogP) is 4.78. The zero-order valence-electron chi connectivity index (χ0n) is 19.2. The summed E-state index contributed by atoms with van der Waals surface area (Å²) in [5, 5.41) is 15.4. The molecule has 2 aromatic heterocycles. The maximum Gasteiger partial charge on any atom is 0.354 e. The zero-order chi connectivity index (χ0) is 24.1. The minimum Gasteiger partial charge on any atom is -0.464 e. The van der Waals surface area contributed by atoms with Crippen molar-refractivity contribution < 1.29 is 14.6 Å². The van der Waals surface area contributed by atoms with Gasteiger partial charge in [-0.05, 0) is 66.9 Å². The molecular formula is C27H28ClN3O3. The summed E-state index contributed by atoms with van der Waals surface area (Å²) < 4.78 is 6.96. The van der Waals surface area contributed by atoms with E-state index in [4.69, 9.17) is 16.3 Å². The molecule has 4 rings (SSSR count). The van der Waals surface area contributed by atoms with Crippen LogP contribution in [0.15, 0.2) is 72.9 Å². The Labute approximate surface area is 204 Å². The van der Waals surface area contributed by atoms with Crippen LogP contribution in [-0.2, 0) is 17.7 Å². The van der Waals surface area contributed by atoms with Crippen molar-refractivity contribution in [3.63, 3.8) is 0 Å². The van der Waals surface area contributed by atoms with E-state index in [9.17, 15) is 9.90 Å². The van der Waals surface area contributed by atoms with Crippen LogP contribution in [-0.4, -0.2) is 40.3 Å². The Balaban J connectivity index is 1.48. The summed E-state index contributed by atoms with van der Waals surface area (Å²) in [5.41, 5.74) is 4.24. The molecule has 0 unspecified atom stereocenters. The van der Waals surface area contributed by atoms with Gasteiger partial charge in [0.25, 0.3) is 0 Å². The lowest BCUT2D eigenvalue weighted by atomic mass is 10.0. The Morgan fingerprint density at radius 2 is 2.00 bits per heavy atom. The quantitative estimate of drug-likeness (QED) is 0.339. The van der Waals surface area contributed by atoms with Crippen molar-refractivity contribution in [2.24, 2.45) is 0 Å². The Kier molecular flexibility index (Phi) is 7.63. The van der Waals surface area contributed by atoms with Crippen LogP contribution in [0.25, 0.3) is 10.9 Å². The summed E-state index contributed by atoms with van der Waals surface area (Å²) in [6.45, 7) is 2.99. The predicted molar refractivity (Wildman–Crippen MR) is 134 cm³/mol. The summed E-state index contributed by atoms with van der Waals surface area (Å²) in [7, 11) is 1.39. The van der Waals surface area contributed by atoms with E-state index in [0.717, 1.165) is 34.1 Å². The van der Waals surface area contributed by atoms with Crippen LogP contribution in [0.3, 0.4) is 0 Å². The monoisotopic (exact) mass is 477 g/mol. The number of hydrogen-bond acceptors (Lipinski definition) is 5. The number of methoxy groups -OCH3 is 1. The average molecular weight is 478 g/mol. The van der Waals surface area contributed by atoms with E-state index in [1.54, 1.807) is 18.3 Å². The number of pyridine rings is 1. The Hall–Kier alpha value is -3.19. The van der Waals surface area contributed by atoms with Gasteiger partial charge in [0.2, 0.25) is 0 Å². The van der Waals surface area contributed by atoms with Gasteiger partial charge in [-0.2, -0.15) is 0 Å². The second kappa shape index (κ2) is 10.8. The van der Waals surface area contributed by atoms with Crippen LogP contribution in [0.4, 0.5) is 0 Å². The third kappa shape index (κ3) is 5.65. The van der Waals surface area contributed by atoms with E-state index < -0.39 is 6.10 Å². The molecule has 2 atom stereocenters. The number of benzene rings is 2. The number of aliphatic hydroxyl groups is 1. The highest BCUT2D eigenvalue weighted by Gasteiger charge is 2.18. The van der Waals surface area contributed by atoms with Crippen LogP contribution < -0.4 is 5.32 Å². The molecule has 0 radical (unpaired) electrons. The molecule has 0 aliphatic carbocycles. The van der Waals surface area contributed by atoms with Crippen molar-refractivity contribution in [3.05, 3.63) is 100 Å². The number of nitrogens with one attached hydrogen (secondary N) is 1. The van der Waals surface area contributed by atoms with E-state index in [-0.39, 0.29) is 12.0 Å². The number of rotatable bonds is 9. The van der Waals surface area contributed by atoms with E-state index >= 15 is 0 Å². The van der Waals surface area contributed by atoms with E-state index in [2.05, 4.69) is 29.4 Å². The fourth-order valence-electron chi connectivity index (χ4n) is 4.12. The van der Waals surface area contributed by atoms with Crippen molar-refractivity contribution in [3.8, 4) is 0 Å². The highest BCUT2D eigenvalue weighted by molar-refractivity contribution is 6.30. The summed E-state index contributed by atoms with van der Waals surface area (Å²) in [5.74, 6) is -0.376. The number of aromatic nitrogens is 2. The molecule has 0 aliphatic rings. The molecule has 7 heteroatoms. The summed E-state index contributed by atoms with van der Waals surface area (Å²) in [4.78, 5) is 16.8. The van der Waals surface area contributed by atoms with Gasteiger partial charge in [0, 0.05) is 34.7 Å². The van der Waals surface area contributed by atoms with Crippen LogP contribution in [0.1, 0.15) is 40.3 Å². The van der Waals surface area contributed by atoms with Gasteiger partial charge in [-0.25, -0.2) is 4.79 Å². The molecule has 0 aliphatic heterocycles. The van der Waals surface area contributed by atoms with Crippen molar-refractivity contribution in [2.75, 3.05) is 13.7 Å². The molecule has 2 N–H and O–H groups in total. The van der Waals surface area contributed by atoms with Crippen molar-refractivity contribution in [2.45, 2.75) is 32.0 Å². The molecule has 0 saturated heterocycles. The summed E-state index contributed by atoms with van der Waals surface area (Å²) >= 11 is 6.03. The second-order valence-electron chi connectivity index (χ2n) is 8.41. The number of aliphatic hydroxyl groups excluding tert-OH is 1. The first-order valence-electron chi connectivity index (χ1n) is 11.2. The van der Waals surface area contributed by atoms with Crippen molar-refractivity contribution in [1.82, 2.24) is 14.9 Å². The number of fused-ring (bicyclic) bond motifs is 1. The van der Waals surface area contributed by atoms with E-state index in [1.807, 2.05) is 47.0 Å². The van der Waals surface area contributed by atoms with Gasteiger partial charge in [-0.3, -0.25) is 4.98 Å². The standard InChI is InChI=1S/C27H28ClN3O3/c1-18(30-16-26(32)20-6-5-7-22(28)14-20)12-19-9-10-24-21(13-19)15-25(27(33)34-2)31(24)17-23-8-3-4-11-29-23/h3-11,13-15,18,26,30,32H,12,16-17H2,1-2H3/t18-,26+/m1/s1. The lowest BCUT2D eigenvalue weighted by Gasteiger charge is -2.18. The largest absolute Gasteiger partial charge is 0.464 e. The molecule has 34 heavy (non-hydrogen) atoms. The van der Waals surface area contributed by atoms with Crippen molar-refractivity contribution in [1.29, 1.82) is 0 Å². The lowest BCUT2D eigenvalue weighted by molar-refractivity contribution is 0.0589. The van der Waals surface area contributed by atoms with Gasteiger partial charge in [-0.15, -0.1) is 0 Å². The molecule has 2 aromatic carbocycles. The molecule has 0 fully saturated rings. The lowest BCUT2D eigenvalue weighted by Crippen LogP contribution is -2.32. The Morgan fingerprint density at radius 3 is 2.74 bits per heavy atom. The van der Waals surface area contributed by atoms with Gasteiger partial charge < -0.3 is 19.7 Å². The number of esters is 1. The molecular weight excluding hydrogens is 450 g/mol. The minimum atomic E-state index is -0.633. The minimum absolute atomic E-state index is 0.141. The van der Waals surface area contributed by atoms with Crippen LogP contribution in [0, 0.1) is 0 Å². The van der Waals surface area contributed by atoms with E-state index in [1.165, 1.54) is 7.11 Å². The van der Waals surface area contributed by atoms with Gasteiger partial charge >= 0.3 is 5.97 Å². The van der Waals surface area contributed by atoms with Crippen LogP contribution in [0.2, 0.25) is 5.02 Å². The Bertz CT molecular complexity index is 1270. The number of carbonyl (C=O) groups excluding carboxylic acids is 1.